The van der Waals surface area contributed by atoms with Crippen LogP contribution < -0.4 is 0 Å². The monoisotopic (exact) mass is 190 g/mol. The standard InChI is InChI=1S/C7H10O4S/c8-6(9)4-1-2-12-5(3-4)7(10)11/h4-5H,1-3H2,(H,8,9)(H,10,11). The first-order valence-corrected chi connectivity index (χ1v) is 4.73. The zero-order valence-corrected chi connectivity index (χ0v) is 7.21. The quantitative estimate of drug-likeness (QED) is 0.669. The van der Waals surface area contributed by atoms with E-state index in [2.05, 4.69) is 0 Å². The fourth-order valence-electron chi connectivity index (χ4n) is 1.19. The molecule has 1 saturated heterocycles. The maximum atomic E-state index is 10.5. The van der Waals surface area contributed by atoms with Crippen LogP contribution in [0.1, 0.15) is 12.8 Å². The summed E-state index contributed by atoms with van der Waals surface area (Å²) in [6, 6.07) is 0. The van der Waals surface area contributed by atoms with Gasteiger partial charge in [0.2, 0.25) is 0 Å². The van der Waals surface area contributed by atoms with Crippen molar-refractivity contribution in [3.8, 4) is 0 Å². The van der Waals surface area contributed by atoms with E-state index in [4.69, 9.17) is 10.2 Å². The number of aliphatic carboxylic acids is 2. The fourth-order valence-corrected chi connectivity index (χ4v) is 2.41. The minimum Gasteiger partial charge on any atom is -0.481 e. The van der Waals surface area contributed by atoms with Gasteiger partial charge in [-0.25, -0.2) is 0 Å². The fraction of sp³-hybridized carbons (Fsp3) is 0.714. The lowest BCUT2D eigenvalue weighted by atomic mass is 10.00. The van der Waals surface area contributed by atoms with E-state index in [1.807, 2.05) is 0 Å². The van der Waals surface area contributed by atoms with E-state index in [0.717, 1.165) is 0 Å². The predicted octanol–water partition coefficient (Wildman–Crippen LogP) is 0.667. The molecule has 1 aliphatic heterocycles. The molecule has 0 amide bonds. The number of hydrogen-bond acceptors (Lipinski definition) is 3. The van der Waals surface area contributed by atoms with Crippen LogP contribution in [0.3, 0.4) is 0 Å². The molecule has 0 aromatic rings. The minimum atomic E-state index is -0.897. The molecule has 0 saturated carbocycles. The average molecular weight is 190 g/mol. The molecule has 0 radical (unpaired) electrons. The number of thioether (sulfide) groups is 1. The summed E-state index contributed by atoms with van der Waals surface area (Å²) >= 11 is 1.33. The van der Waals surface area contributed by atoms with E-state index < -0.39 is 23.1 Å². The third-order valence-corrected chi connectivity index (χ3v) is 3.18. The summed E-state index contributed by atoms with van der Waals surface area (Å²) in [6.45, 7) is 0. The number of carboxylic acids is 2. The van der Waals surface area contributed by atoms with Crippen molar-refractivity contribution in [1.82, 2.24) is 0 Å². The van der Waals surface area contributed by atoms with Crippen molar-refractivity contribution < 1.29 is 19.8 Å². The van der Waals surface area contributed by atoms with Crippen LogP contribution in [0.5, 0.6) is 0 Å². The molecular formula is C7H10O4S. The summed E-state index contributed by atoms with van der Waals surface area (Å²) in [5.41, 5.74) is 0. The van der Waals surface area contributed by atoms with Crippen molar-refractivity contribution in [2.75, 3.05) is 5.75 Å². The summed E-state index contributed by atoms with van der Waals surface area (Å²) in [7, 11) is 0. The first-order valence-electron chi connectivity index (χ1n) is 3.68. The highest BCUT2D eigenvalue weighted by atomic mass is 32.2. The van der Waals surface area contributed by atoms with Gasteiger partial charge >= 0.3 is 11.9 Å². The first-order chi connectivity index (χ1) is 5.61. The van der Waals surface area contributed by atoms with Gasteiger partial charge in [0.15, 0.2) is 0 Å². The maximum absolute atomic E-state index is 10.5. The van der Waals surface area contributed by atoms with Crippen molar-refractivity contribution in [1.29, 1.82) is 0 Å². The van der Waals surface area contributed by atoms with Gasteiger partial charge < -0.3 is 10.2 Å². The lowest BCUT2D eigenvalue weighted by Gasteiger charge is -2.22. The second-order valence-electron chi connectivity index (χ2n) is 2.76. The minimum absolute atomic E-state index is 0.259. The molecule has 0 bridgehead atoms. The van der Waals surface area contributed by atoms with Crippen LogP contribution in [-0.2, 0) is 9.59 Å². The summed E-state index contributed by atoms with van der Waals surface area (Å²) in [4.78, 5) is 21.0. The Balaban J connectivity index is 2.51. The van der Waals surface area contributed by atoms with Gasteiger partial charge in [0.1, 0.15) is 5.25 Å². The van der Waals surface area contributed by atoms with E-state index in [0.29, 0.717) is 12.2 Å². The molecule has 2 N–H and O–H groups in total. The smallest absolute Gasteiger partial charge is 0.316 e. The van der Waals surface area contributed by atoms with Gasteiger partial charge in [0, 0.05) is 0 Å². The molecule has 4 nitrogen and oxygen atoms in total. The van der Waals surface area contributed by atoms with Gasteiger partial charge in [-0.3, -0.25) is 9.59 Å². The summed E-state index contributed by atoms with van der Waals surface area (Å²) in [6.07, 6.45) is 0.846. The predicted molar refractivity (Wildman–Crippen MR) is 44.2 cm³/mol. The van der Waals surface area contributed by atoms with Crippen LogP contribution in [0.4, 0.5) is 0 Å². The van der Waals surface area contributed by atoms with Crippen LogP contribution in [0.2, 0.25) is 0 Å². The SMILES string of the molecule is O=C(O)C1CCSC(C(=O)O)C1. The van der Waals surface area contributed by atoms with Crippen molar-refractivity contribution in [2.45, 2.75) is 18.1 Å². The molecule has 12 heavy (non-hydrogen) atoms. The molecule has 2 unspecified atom stereocenters. The van der Waals surface area contributed by atoms with E-state index in [1.54, 1.807) is 0 Å². The van der Waals surface area contributed by atoms with Gasteiger partial charge in [-0.2, -0.15) is 0 Å². The Morgan fingerprint density at radius 2 is 1.92 bits per heavy atom. The zero-order valence-electron chi connectivity index (χ0n) is 6.40. The molecule has 2 atom stereocenters. The molecule has 1 aliphatic rings. The van der Waals surface area contributed by atoms with E-state index >= 15 is 0 Å². The Bertz CT molecular complexity index is 184. The van der Waals surface area contributed by atoms with Gasteiger partial charge in [0.25, 0.3) is 0 Å². The van der Waals surface area contributed by atoms with Crippen molar-refractivity contribution >= 4 is 23.7 Å². The highest BCUT2D eigenvalue weighted by molar-refractivity contribution is 8.00. The van der Waals surface area contributed by atoms with Crippen molar-refractivity contribution in [2.24, 2.45) is 5.92 Å². The number of hydrogen-bond donors (Lipinski definition) is 2. The van der Waals surface area contributed by atoms with E-state index in [9.17, 15) is 9.59 Å². The first kappa shape index (κ1) is 9.38. The Hall–Kier alpha value is -0.710. The molecule has 0 aromatic carbocycles. The van der Waals surface area contributed by atoms with Gasteiger partial charge in [-0.05, 0) is 18.6 Å². The second-order valence-corrected chi connectivity index (χ2v) is 4.07. The van der Waals surface area contributed by atoms with Crippen molar-refractivity contribution in [3.05, 3.63) is 0 Å². The largest absolute Gasteiger partial charge is 0.481 e. The zero-order chi connectivity index (χ0) is 9.14. The molecule has 68 valence electrons. The third kappa shape index (κ3) is 2.14. The molecule has 5 heteroatoms. The molecular weight excluding hydrogens is 180 g/mol. The number of carbonyl (C=O) groups is 2. The number of carboxylic acid groups (broad SMARTS) is 2. The van der Waals surface area contributed by atoms with Crippen LogP contribution in [0.25, 0.3) is 0 Å². The molecule has 1 rings (SSSR count). The molecule has 1 fully saturated rings. The highest BCUT2D eigenvalue weighted by Crippen LogP contribution is 2.29. The normalized spacial score (nSPS) is 29.7. The Kier molecular flexibility index (Phi) is 2.97. The molecule has 1 heterocycles. The van der Waals surface area contributed by atoms with Crippen LogP contribution in [-0.4, -0.2) is 33.2 Å². The van der Waals surface area contributed by atoms with Gasteiger partial charge in [0.05, 0.1) is 5.92 Å². The summed E-state index contributed by atoms with van der Waals surface area (Å²) in [5, 5.41) is 16.7. The van der Waals surface area contributed by atoms with Crippen LogP contribution in [0.15, 0.2) is 0 Å². The maximum Gasteiger partial charge on any atom is 0.316 e. The number of rotatable bonds is 2. The average Bonchev–Trinajstić information content (AvgIpc) is 2.04. The highest BCUT2D eigenvalue weighted by Gasteiger charge is 2.31. The van der Waals surface area contributed by atoms with Crippen molar-refractivity contribution in [3.63, 3.8) is 0 Å². The van der Waals surface area contributed by atoms with Gasteiger partial charge in [-0.15, -0.1) is 11.8 Å². The van der Waals surface area contributed by atoms with E-state index in [-0.39, 0.29) is 6.42 Å². The summed E-state index contributed by atoms with van der Waals surface area (Å²) in [5.74, 6) is -1.60. The lowest BCUT2D eigenvalue weighted by molar-refractivity contribution is -0.143. The van der Waals surface area contributed by atoms with Gasteiger partial charge in [-0.1, -0.05) is 0 Å². The Morgan fingerprint density at radius 3 is 2.42 bits per heavy atom. The third-order valence-electron chi connectivity index (χ3n) is 1.91. The van der Waals surface area contributed by atoms with E-state index in [1.165, 1.54) is 11.8 Å². The molecule has 0 aromatic heterocycles. The Labute approximate surface area is 74.0 Å². The lowest BCUT2D eigenvalue weighted by Crippen LogP contribution is -2.29. The topological polar surface area (TPSA) is 74.6 Å². The molecule has 0 aliphatic carbocycles. The summed E-state index contributed by atoms with van der Waals surface area (Å²) < 4.78 is 0. The Morgan fingerprint density at radius 1 is 1.25 bits per heavy atom. The molecule has 0 spiro atoms. The van der Waals surface area contributed by atoms with Crippen LogP contribution in [0, 0.1) is 5.92 Å². The second kappa shape index (κ2) is 3.80. The van der Waals surface area contributed by atoms with Crippen LogP contribution >= 0.6 is 11.8 Å².